The summed E-state index contributed by atoms with van der Waals surface area (Å²) >= 11 is 16.7. The van der Waals surface area contributed by atoms with Gasteiger partial charge in [-0.25, -0.2) is 0 Å². The number of hydrogen-bond donors (Lipinski definition) is 2. The quantitative estimate of drug-likeness (QED) is 0.307. The van der Waals surface area contributed by atoms with Gasteiger partial charge in [0.25, 0.3) is 5.91 Å². The second-order valence-electron chi connectivity index (χ2n) is 7.59. The Morgan fingerprint density at radius 1 is 1.12 bits per heavy atom. The average Bonchev–Trinajstić information content (AvgIpc) is 3.23. The maximum absolute atomic E-state index is 12.6. The molecule has 2 amide bonds. The standard InChI is InChI=1S/C23H24BrCl2N5O2S/c1-5-31-21(14(4)27-22(33)15-6-8-17(25)18(26)10-15)29-30-23(31)34-11-20(32)28-19-9-7-16(24)12(2)13(19)3/h6-10,14H,5,11H2,1-4H3,(H,27,33)(H,28,32)/t14-/m0/s1. The molecule has 1 atom stereocenters. The Morgan fingerprint density at radius 3 is 2.53 bits per heavy atom. The Morgan fingerprint density at radius 2 is 1.85 bits per heavy atom. The zero-order valence-corrected chi connectivity index (χ0v) is 23.0. The Labute approximate surface area is 221 Å². The van der Waals surface area contributed by atoms with Gasteiger partial charge in [0, 0.05) is 22.3 Å². The Bertz CT molecular complexity index is 1230. The highest BCUT2D eigenvalue weighted by Gasteiger charge is 2.21. The van der Waals surface area contributed by atoms with Crippen LogP contribution in [0, 0.1) is 13.8 Å². The monoisotopic (exact) mass is 583 g/mol. The molecule has 0 fully saturated rings. The van der Waals surface area contributed by atoms with E-state index in [1.165, 1.54) is 17.8 Å². The predicted molar refractivity (Wildman–Crippen MR) is 141 cm³/mol. The van der Waals surface area contributed by atoms with E-state index in [1.54, 1.807) is 12.1 Å². The maximum Gasteiger partial charge on any atom is 0.251 e. The minimum absolute atomic E-state index is 0.136. The minimum atomic E-state index is -0.411. The van der Waals surface area contributed by atoms with Crippen LogP contribution in [0.2, 0.25) is 10.0 Å². The van der Waals surface area contributed by atoms with Crippen LogP contribution in [0.4, 0.5) is 5.69 Å². The summed E-state index contributed by atoms with van der Waals surface area (Å²) in [7, 11) is 0. The summed E-state index contributed by atoms with van der Waals surface area (Å²) in [4.78, 5) is 25.2. The molecule has 2 aromatic carbocycles. The highest BCUT2D eigenvalue weighted by molar-refractivity contribution is 9.10. The number of amides is 2. The van der Waals surface area contributed by atoms with Gasteiger partial charge in [-0.3, -0.25) is 9.59 Å². The number of carbonyl (C=O) groups excluding carboxylic acids is 2. The van der Waals surface area contributed by atoms with E-state index >= 15 is 0 Å². The van der Waals surface area contributed by atoms with Crippen molar-refractivity contribution in [3.8, 4) is 0 Å². The number of rotatable bonds is 8. The van der Waals surface area contributed by atoms with Crippen molar-refractivity contribution in [3.05, 3.63) is 67.4 Å². The first-order valence-electron chi connectivity index (χ1n) is 10.5. The number of anilines is 1. The van der Waals surface area contributed by atoms with Gasteiger partial charge in [0.05, 0.1) is 21.8 Å². The van der Waals surface area contributed by atoms with Crippen LogP contribution in [0.5, 0.6) is 0 Å². The summed E-state index contributed by atoms with van der Waals surface area (Å²) in [6.45, 7) is 8.33. The molecule has 0 radical (unpaired) electrons. The molecule has 34 heavy (non-hydrogen) atoms. The fraction of sp³-hybridized carbons (Fsp3) is 0.304. The lowest BCUT2D eigenvalue weighted by atomic mass is 10.1. The molecule has 3 rings (SSSR count). The van der Waals surface area contributed by atoms with E-state index in [0.717, 1.165) is 21.3 Å². The van der Waals surface area contributed by atoms with Crippen LogP contribution in [-0.2, 0) is 11.3 Å². The van der Waals surface area contributed by atoms with E-state index in [0.29, 0.717) is 33.1 Å². The highest BCUT2D eigenvalue weighted by atomic mass is 79.9. The van der Waals surface area contributed by atoms with E-state index in [-0.39, 0.29) is 17.6 Å². The third-order valence-electron chi connectivity index (χ3n) is 5.31. The van der Waals surface area contributed by atoms with Crippen molar-refractivity contribution in [3.63, 3.8) is 0 Å². The van der Waals surface area contributed by atoms with Gasteiger partial charge in [-0.05, 0) is 69.2 Å². The first kappa shape index (κ1) is 26.5. The molecule has 0 aliphatic rings. The van der Waals surface area contributed by atoms with Crippen LogP contribution in [0.1, 0.15) is 47.2 Å². The summed E-state index contributed by atoms with van der Waals surface area (Å²) in [5.41, 5.74) is 3.27. The van der Waals surface area contributed by atoms with Gasteiger partial charge in [-0.15, -0.1) is 10.2 Å². The number of hydrogen-bond acceptors (Lipinski definition) is 5. The van der Waals surface area contributed by atoms with Crippen molar-refractivity contribution in [2.24, 2.45) is 0 Å². The number of nitrogens with zero attached hydrogens (tertiary/aromatic N) is 3. The molecule has 1 heterocycles. The number of halogens is 3. The van der Waals surface area contributed by atoms with Crippen LogP contribution < -0.4 is 10.6 Å². The SMILES string of the molecule is CCn1c(SCC(=O)Nc2ccc(Br)c(C)c2C)nnc1[C@H](C)NC(=O)c1ccc(Cl)c(Cl)c1. The number of nitrogens with one attached hydrogen (secondary N) is 2. The van der Waals surface area contributed by atoms with E-state index < -0.39 is 6.04 Å². The van der Waals surface area contributed by atoms with Crippen molar-refractivity contribution in [2.45, 2.75) is 45.4 Å². The predicted octanol–water partition coefficient (Wildman–Crippen LogP) is 6.21. The Hall–Kier alpha value is -2.07. The van der Waals surface area contributed by atoms with Crippen LogP contribution in [0.15, 0.2) is 40.0 Å². The normalized spacial score (nSPS) is 11.9. The summed E-state index contributed by atoms with van der Waals surface area (Å²) in [5, 5.41) is 15.6. The fourth-order valence-electron chi connectivity index (χ4n) is 3.25. The van der Waals surface area contributed by atoms with Crippen molar-refractivity contribution in [1.29, 1.82) is 0 Å². The summed E-state index contributed by atoms with van der Waals surface area (Å²) in [6, 6.07) is 8.08. The van der Waals surface area contributed by atoms with Crippen molar-refractivity contribution in [2.75, 3.05) is 11.1 Å². The second kappa shape index (κ2) is 11.6. The van der Waals surface area contributed by atoms with E-state index in [9.17, 15) is 9.59 Å². The molecule has 1 aromatic heterocycles. The van der Waals surface area contributed by atoms with Gasteiger partial charge in [0.15, 0.2) is 11.0 Å². The van der Waals surface area contributed by atoms with E-state index in [2.05, 4.69) is 36.8 Å². The second-order valence-corrected chi connectivity index (χ2v) is 10.2. The third kappa shape index (κ3) is 6.13. The molecule has 0 spiro atoms. The van der Waals surface area contributed by atoms with Crippen molar-refractivity contribution < 1.29 is 9.59 Å². The lowest BCUT2D eigenvalue weighted by molar-refractivity contribution is -0.113. The van der Waals surface area contributed by atoms with Gasteiger partial charge in [0.2, 0.25) is 5.91 Å². The molecule has 0 saturated heterocycles. The molecule has 11 heteroatoms. The molecule has 0 saturated carbocycles. The molecular weight excluding hydrogens is 561 g/mol. The van der Waals surface area contributed by atoms with Crippen LogP contribution >= 0.6 is 50.9 Å². The topological polar surface area (TPSA) is 88.9 Å². The number of thioether (sulfide) groups is 1. The highest BCUT2D eigenvalue weighted by Crippen LogP contribution is 2.27. The maximum atomic E-state index is 12.6. The van der Waals surface area contributed by atoms with Gasteiger partial charge >= 0.3 is 0 Å². The van der Waals surface area contributed by atoms with Gasteiger partial charge in [-0.2, -0.15) is 0 Å². The molecule has 180 valence electrons. The van der Waals surface area contributed by atoms with Crippen LogP contribution in [0.25, 0.3) is 0 Å². The zero-order chi connectivity index (χ0) is 25.0. The number of aromatic nitrogens is 3. The zero-order valence-electron chi connectivity index (χ0n) is 19.1. The fourth-order valence-corrected chi connectivity index (χ4v) is 4.78. The Kier molecular flexibility index (Phi) is 9.03. The molecule has 3 aromatic rings. The van der Waals surface area contributed by atoms with Gasteiger partial charge < -0.3 is 15.2 Å². The summed E-state index contributed by atoms with van der Waals surface area (Å²) in [6.07, 6.45) is 0. The number of benzene rings is 2. The van der Waals surface area contributed by atoms with Crippen molar-refractivity contribution in [1.82, 2.24) is 20.1 Å². The lowest BCUT2D eigenvalue weighted by Gasteiger charge is -2.15. The van der Waals surface area contributed by atoms with Gasteiger partial charge in [-0.1, -0.05) is 50.9 Å². The molecule has 0 bridgehead atoms. The van der Waals surface area contributed by atoms with Crippen LogP contribution in [-0.4, -0.2) is 32.3 Å². The number of carbonyl (C=O) groups is 2. The summed E-state index contributed by atoms with van der Waals surface area (Å²) in [5.74, 6) is 0.336. The van der Waals surface area contributed by atoms with E-state index in [4.69, 9.17) is 23.2 Å². The van der Waals surface area contributed by atoms with Crippen molar-refractivity contribution >= 4 is 68.4 Å². The smallest absolute Gasteiger partial charge is 0.251 e. The minimum Gasteiger partial charge on any atom is -0.342 e. The summed E-state index contributed by atoms with van der Waals surface area (Å²) < 4.78 is 2.88. The van der Waals surface area contributed by atoms with Gasteiger partial charge in [0.1, 0.15) is 0 Å². The average molecular weight is 585 g/mol. The molecule has 0 unspecified atom stereocenters. The lowest BCUT2D eigenvalue weighted by Crippen LogP contribution is -2.28. The first-order valence-corrected chi connectivity index (χ1v) is 13.0. The first-order chi connectivity index (χ1) is 16.1. The molecular formula is C23H24BrCl2N5O2S. The molecule has 7 nitrogen and oxygen atoms in total. The van der Waals surface area contributed by atoms with Crippen LogP contribution in [0.3, 0.4) is 0 Å². The Balaban J connectivity index is 1.65. The molecule has 0 aliphatic carbocycles. The molecule has 2 N–H and O–H groups in total. The molecule has 0 aliphatic heterocycles. The van der Waals surface area contributed by atoms with E-state index in [1.807, 2.05) is 44.4 Å². The largest absolute Gasteiger partial charge is 0.342 e. The third-order valence-corrected chi connectivity index (χ3v) is 7.87.